The van der Waals surface area contributed by atoms with E-state index in [2.05, 4.69) is 65.8 Å². The first-order chi connectivity index (χ1) is 18.3. The molecule has 1 heterocycles. The van der Waals surface area contributed by atoms with Crippen molar-refractivity contribution in [3.8, 4) is 28.6 Å². The minimum absolute atomic E-state index is 0.0558. The second kappa shape index (κ2) is 12.0. The number of aromatic nitrogens is 3. The number of methoxy groups -OCH3 is 2. The Morgan fingerprint density at radius 2 is 1.71 bits per heavy atom. The van der Waals surface area contributed by atoms with Crippen LogP contribution in [-0.2, 0) is 10.2 Å². The number of carbonyl (C=O) groups excluding carboxylic acids is 1. The number of hydrogen-bond acceptors (Lipinski definition) is 7. The predicted molar refractivity (Wildman–Crippen MR) is 152 cm³/mol. The molecule has 38 heavy (non-hydrogen) atoms. The van der Waals surface area contributed by atoms with E-state index in [1.807, 2.05) is 47.0 Å². The lowest BCUT2D eigenvalue weighted by molar-refractivity contribution is -0.118. The summed E-state index contributed by atoms with van der Waals surface area (Å²) < 4.78 is 12.7. The molecular formula is C29H31N5O3S. The van der Waals surface area contributed by atoms with Gasteiger partial charge in [0.15, 0.2) is 22.5 Å². The van der Waals surface area contributed by atoms with Crippen molar-refractivity contribution in [3.63, 3.8) is 0 Å². The lowest BCUT2D eigenvalue weighted by Crippen LogP contribution is -2.20. The number of carbonyl (C=O) groups is 1. The topological polar surface area (TPSA) is 90.6 Å². The standard InChI is InChI=1S/C29H31N5O3S/c1-29(2,3)22-16-14-20(15-17-22)27-32-33-28(34(27)23-11-7-6-8-12-23)38-19-25(35)31-30-18-21-10-9-13-24(36-4)26(21)37-5/h6-18H,19H2,1-5H3,(H,31,35). The third-order valence-electron chi connectivity index (χ3n) is 5.82. The molecule has 0 aliphatic heterocycles. The fraction of sp³-hybridized carbons (Fsp3) is 0.241. The van der Waals surface area contributed by atoms with Crippen molar-refractivity contribution in [3.05, 3.63) is 83.9 Å². The largest absolute Gasteiger partial charge is 0.493 e. The van der Waals surface area contributed by atoms with Crippen LogP contribution in [0.25, 0.3) is 17.1 Å². The van der Waals surface area contributed by atoms with Gasteiger partial charge in [0.1, 0.15) is 0 Å². The molecular weight excluding hydrogens is 498 g/mol. The third-order valence-corrected chi connectivity index (χ3v) is 6.74. The SMILES string of the molecule is COc1cccc(C=NNC(=O)CSc2nnc(-c3ccc(C(C)(C)C)cc3)n2-c2ccccc2)c1OC. The van der Waals surface area contributed by atoms with E-state index in [4.69, 9.17) is 9.47 Å². The molecule has 1 amide bonds. The Bertz CT molecular complexity index is 1410. The number of amides is 1. The molecule has 0 unspecified atom stereocenters. The number of rotatable bonds is 9. The summed E-state index contributed by atoms with van der Waals surface area (Å²) in [6.45, 7) is 6.56. The van der Waals surface area contributed by atoms with Gasteiger partial charge in [-0.05, 0) is 35.2 Å². The van der Waals surface area contributed by atoms with Crippen LogP contribution in [0.1, 0.15) is 31.9 Å². The van der Waals surface area contributed by atoms with Crippen LogP contribution in [0.2, 0.25) is 0 Å². The smallest absolute Gasteiger partial charge is 0.250 e. The number of nitrogens with one attached hydrogen (secondary N) is 1. The van der Waals surface area contributed by atoms with E-state index in [-0.39, 0.29) is 17.1 Å². The first-order valence-electron chi connectivity index (χ1n) is 12.1. The first kappa shape index (κ1) is 26.9. The summed E-state index contributed by atoms with van der Waals surface area (Å²) in [6, 6.07) is 23.7. The predicted octanol–water partition coefficient (Wildman–Crippen LogP) is 5.49. The second-order valence-electron chi connectivity index (χ2n) is 9.47. The Hall–Kier alpha value is -4.11. The highest BCUT2D eigenvalue weighted by Gasteiger charge is 2.19. The lowest BCUT2D eigenvalue weighted by atomic mass is 9.87. The van der Waals surface area contributed by atoms with Gasteiger partial charge in [0, 0.05) is 16.8 Å². The van der Waals surface area contributed by atoms with Gasteiger partial charge >= 0.3 is 0 Å². The van der Waals surface area contributed by atoms with Gasteiger partial charge in [-0.1, -0.05) is 81.1 Å². The zero-order valence-corrected chi connectivity index (χ0v) is 23.0. The normalized spacial score (nSPS) is 11.5. The van der Waals surface area contributed by atoms with Crippen LogP contribution in [0.3, 0.4) is 0 Å². The van der Waals surface area contributed by atoms with E-state index in [0.29, 0.717) is 28.0 Å². The molecule has 4 aromatic rings. The van der Waals surface area contributed by atoms with Gasteiger partial charge in [-0.2, -0.15) is 5.10 Å². The van der Waals surface area contributed by atoms with Crippen LogP contribution in [0.15, 0.2) is 83.1 Å². The molecule has 3 aromatic carbocycles. The highest BCUT2D eigenvalue weighted by atomic mass is 32.2. The number of hydrazone groups is 1. The minimum atomic E-state index is -0.271. The van der Waals surface area contributed by atoms with Crippen LogP contribution in [-0.4, -0.2) is 46.9 Å². The average molecular weight is 530 g/mol. The number of ether oxygens (including phenoxy) is 2. The fourth-order valence-electron chi connectivity index (χ4n) is 3.83. The Kier molecular flexibility index (Phi) is 8.48. The quantitative estimate of drug-likeness (QED) is 0.175. The molecule has 0 radical (unpaired) electrons. The zero-order valence-electron chi connectivity index (χ0n) is 22.1. The van der Waals surface area contributed by atoms with Crippen molar-refractivity contribution in [2.45, 2.75) is 31.3 Å². The number of benzene rings is 3. The Balaban J connectivity index is 1.51. The van der Waals surface area contributed by atoms with Crippen molar-refractivity contribution in [2.24, 2.45) is 5.10 Å². The van der Waals surface area contributed by atoms with Crippen LogP contribution >= 0.6 is 11.8 Å². The molecule has 8 nitrogen and oxygen atoms in total. The molecule has 196 valence electrons. The van der Waals surface area contributed by atoms with Crippen molar-refractivity contribution in [2.75, 3.05) is 20.0 Å². The third kappa shape index (κ3) is 6.23. The molecule has 1 N–H and O–H groups in total. The summed E-state index contributed by atoms with van der Waals surface area (Å²) in [7, 11) is 3.12. The fourth-order valence-corrected chi connectivity index (χ4v) is 4.57. The number of thioether (sulfide) groups is 1. The molecule has 0 atom stereocenters. The summed E-state index contributed by atoms with van der Waals surface area (Å²) in [4.78, 5) is 12.6. The number of hydrogen-bond donors (Lipinski definition) is 1. The van der Waals surface area contributed by atoms with Crippen molar-refractivity contribution in [1.29, 1.82) is 0 Å². The van der Waals surface area contributed by atoms with Crippen molar-refractivity contribution in [1.82, 2.24) is 20.2 Å². The van der Waals surface area contributed by atoms with Gasteiger partial charge in [0.2, 0.25) is 0 Å². The second-order valence-corrected chi connectivity index (χ2v) is 10.4. The van der Waals surface area contributed by atoms with Gasteiger partial charge in [-0.25, -0.2) is 5.43 Å². The summed E-state index contributed by atoms with van der Waals surface area (Å²) >= 11 is 1.29. The number of nitrogens with zero attached hydrogens (tertiary/aromatic N) is 4. The van der Waals surface area contributed by atoms with Crippen LogP contribution in [0.4, 0.5) is 0 Å². The van der Waals surface area contributed by atoms with Crippen molar-refractivity contribution >= 4 is 23.9 Å². The highest BCUT2D eigenvalue weighted by Crippen LogP contribution is 2.31. The lowest BCUT2D eigenvalue weighted by Gasteiger charge is -2.19. The van der Waals surface area contributed by atoms with E-state index in [9.17, 15) is 4.79 Å². The summed E-state index contributed by atoms with van der Waals surface area (Å²) in [5.41, 5.74) is 6.41. The van der Waals surface area contributed by atoms with E-state index in [0.717, 1.165) is 11.3 Å². The van der Waals surface area contributed by atoms with Gasteiger partial charge in [-0.3, -0.25) is 9.36 Å². The summed E-state index contributed by atoms with van der Waals surface area (Å²) in [5.74, 6) is 1.68. The molecule has 0 saturated carbocycles. The maximum atomic E-state index is 12.6. The Morgan fingerprint density at radius 3 is 2.37 bits per heavy atom. The highest BCUT2D eigenvalue weighted by molar-refractivity contribution is 7.99. The van der Waals surface area contributed by atoms with E-state index in [1.54, 1.807) is 20.3 Å². The molecule has 0 bridgehead atoms. The van der Waals surface area contributed by atoms with Crippen LogP contribution < -0.4 is 14.9 Å². The molecule has 0 spiro atoms. The van der Waals surface area contributed by atoms with Gasteiger partial charge in [0.05, 0.1) is 26.2 Å². The van der Waals surface area contributed by atoms with E-state index >= 15 is 0 Å². The number of para-hydroxylation sites is 2. The molecule has 1 aromatic heterocycles. The molecule has 0 fully saturated rings. The van der Waals surface area contributed by atoms with E-state index < -0.39 is 0 Å². The molecule has 0 aliphatic carbocycles. The maximum absolute atomic E-state index is 12.6. The molecule has 0 aliphatic rings. The molecule has 4 rings (SSSR count). The minimum Gasteiger partial charge on any atom is -0.493 e. The Labute approximate surface area is 227 Å². The van der Waals surface area contributed by atoms with Gasteiger partial charge in [0.25, 0.3) is 5.91 Å². The summed E-state index contributed by atoms with van der Waals surface area (Å²) in [5, 5.41) is 13.6. The van der Waals surface area contributed by atoms with Crippen molar-refractivity contribution < 1.29 is 14.3 Å². The zero-order chi connectivity index (χ0) is 27.1. The first-order valence-corrected chi connectivity index (χ1v) is 13.1. The maximum Gasteiger partial charge on any atom is 0.250 e. The monoisotopic (exact) mass is 529 g/mol. The van der Waals surface area contributed by atoms with Gasteiger partial charge in [-0.15, -0.1) is 10.2 Å². The average Bonchev–Trinajstić information content (AvgIpc) is 3.35. The van der Waals surface area contributed by atoms with Crippen LogP contribution in [0, 0.1) is 0 Å². The van der Waals surface area contributed by atoms with Crippen LogP contribution in [0.5, 0.6) is 11.5 Å². The summed E-state index contributed by atoms with van der Waals surface area (Å²) in [6.07, 6.45) is 1.52. The Morgan fingerprint density at radius 1 is 0.974 bits per heavy atom. The van der Waals surface area contributed by atoms with E-state index in [1.165, 1.54) is 23.5 Å². The molecule has 0 saturated heterocycles. The molecule has 9 heteroatoms. The van der Waals surface area contributed by atoms with Gasteiger partial charge < -0.3 is 9.47 Å².